The van der Waals surface area contributed by atoms with E-state index in [1.165, 1.54) is 11.6 Å². The first-order valence-corrected chi connectivity index (χ1v) is 13.0. The maximum absolute atomic E-state index is 12.6. The first-order chi connectivity index (χ1) is 19.7. The van der Waals surface area contributed by atoms with Crippen molar-refractivity contribution in [2.75, 3.05) is 22.5 Å². The number of nitrogens with two attached hydrogens (primary N) is 1. The van der Waals surface area contributed by atoms with Gasteiger partial charge in [-0.25, -0.2) is 0 Å². The topological polar surface area (TPSA) is 95.7 Å². The Balaban J connectivity index is 0.000000187. The van der Waals surface area contributed by atoms with Crippen molar-refractivity contribution < 1.29 is 27.9 Å². The molecule has 0 aromatic heterocycles. The lowest BCUT2D eigenvalue weighted by Crippen LogP contribution is -2.35. The molecule has 0 saturated heterocycles. The standard InChI is InChI=1S/C16H14ClNO.C9H8F3NO2.C6H7N/c17-14-9-3-2-8-13(14)16(19)18-11-5-7-12-6-1-4-10-15(12)18;10-9(11,12)8-3-7(13-5-15)2-1-6(8)4-14;7-6-4-2-1-3-5-6/h1-4,6,8-10H,5,7,11H2;1-3,5,14H,4H2,(H,13,15);1-5H,7H2. The summed E-state index contributed by atoms with van der Waals surface area (Å²) in [5, 5.41) is 11.3. The van der Waals surface area contributed by atoms with E-state index in [2.05, 4.69) is 11.4 Å². The summed E-state index contributed by atoms with van der Waals surface area (Å²) in [5.74, 6) is -0.0160. The first-order valence-electron chi connectivity index (χ1n) is 12.6. The highest BCUT2D eigenvalue weighted by molar-refractivity contribution is 6.34. The SMILES string of the molecule is Nc1ccccc1.O=C(c1ccccc1Cl)N1CCCc2ccccc21.O=CNc1ccc(CO)c(C(F)(F)F)c1. The second-order valence-corrected chi connectivity index (χ2v) is 9.28. The highest BCUT2D eigenvalue weighted by atomic mass is 35.5. The molecule has 0 atom stereocenters. The van der Waals surface area contributed by atoms with Gasteiger partial charge in [0.15, 0.2) is 0 Å². The Kier molecular flexibility index (Phi) is 11.3. The number of carbonyl (C=O) groups is 2. The van der Waals surface area contributed by atoms with E-state index in [9.17, 15) is 22.8 Å². The molecule has 4 aromatic carbocycles. The molecule has 214 valence electrons. The Hall–Kier alpha value is -4.34. The van der Waals surface area contributed by atoms with Gasteiger partial charge in [-0.3, -0.25) is 9.59 Å². The summed E-state index contributed by atoms with van der Waals surface area (Å²) < 4.78 is 37.3. The molecule has 0 bridgehead atoms. The Morgan fingerprint density at radius 3 is 2.24 bits per heavy atom. The molecule has 2 amide bonds. The van der Waals surface area contributed by atoms with Crippen LogP contribution in [0.3, 0.4) is 0 Å². The van der Waals surface area contributed by atoms with Crippen molar-refractivity contribution in [3.05, 3.63) is 124 Å². The lowest BCUT2D eigenvalue weighted by molar-refractivity contribution is -0.138. The number of amides is 2. The molecule has 0 fully saturated rings. The van der Waals surface area contributed by atoms with E-state index in [4.69, 9.17) is 22.4 Å². The number of fused-ring (bicyclic) bond motifs is 1. The molecule has 0 saturated carbocycles. The molecule has 0 aliphatic carbocycles. The molecule has 4 N–H and O–H groups in total. The fourth-order valence-corrected chi connectivity index (χ4v) is 4.33. The third-order valence-electron chi connectivity index (χ3n) is 6.07. The van der Waals surface area contributed by atoms with E-state index in [0.29, 0.717) is 10.6 Å². The number of nitrogens with zero attached hydrogens (tertiary/aromatic N) is 1. The molecule has 0 spiro atoms. The first kappa shape index (κ1) is 31.2. The molecule has 41 heavy (non-hydrogen) atoms. The molecule has 0 unspecified atom stereocenters. The van der Waals surface area contributed by atoms with Gasteiger partial charge in [-0.05, 0) is 66.4 Å². The number of alkyl halides is 3. The van der Waals surface area contributed by atoms with E-state index in [-0.39, 0.29) is 23.6 Å². The van der Waals surface area contributed by atoms with Gasteiger partial charge in [0.1, 0.15) is 0 Å². The van der Waals surface area contributed by atoms with E-state index in [1.807, 2.05) is 65.6 Å². The highest BCUT2D eigenvalue weighted by Gasteiger charge is 2.33. The molecule has 5 rings (SSSR count). The van der Waals surface area contributed by atoms with Gasteiger partial charge in [0.05, 0.1) is 22.8 Å². The summed E-state index contributed by atoms with van der Waals surface area (Å²) >= 11 is 6.12. The van der Waals surface area contributed by atoms with Crippen LogP contribution in [0.25, 0.3) is 0 Å². The number of aryl methyl sites for hydroxylation is 1. The average molecular weight is 584 g/mol. The van der Waals surface area contributed by atoms with Crippen LogP contribution in [0.5, 0.6) is 0 Å². The van der Waals surface area contributed by atoms with Crippen LogP contribution in [0.15, 0.2) is 97.1 Å². The minimum absolute atomic E-state index is 0.0160. The Bertz CT molecular complexity index is 1450. The van der Waals surface area contributed by atoms with Crippen LogP contribution >= 0.6 is 11.6 Å². The number of aliphatic hydroxyl groups excluding tert-OH is 1. The number of anilines is 3. The lowest BCUT2D eigenvalue weighted by atomic mass is 10.0. The minimum Gasteiger partial charge on any atom is -0.399 e. The van der Waals surface area contributed by atoms with Gasteiger partial charge in [-0.1, -0.05) is 66.2 Å². The van der Waals surface area contributed by atoms with Crippen LogP contribution in [0.1, 0.15) is 33.5 Å². The van der Waals surface area contributed by atoms with Crippen molar-refractivity contribution in [2.24, 2.45) is 0 Å². The summed E-state index contributed by atoms with van der Waals surface area (Å²) in [7, 11) is 0. The largest absolute Gasteiger partial charge is 0.416 e. The van der Waals surface area contributed by atoms with E-state index < -0.39 is 18.3 Å². The fourth-order valence-electron chi connectivity index (χ4n) is 4.11. The van der Waals surface area contributed by atoms with Crippen LogP contribution in [0.2, 0.25) is 5.02 Å². The van der Waals surface area contributed by atoms with Crippen LogP contribution in [-0.2, 0) is 24.0 Å². The van der Waals surface area contributed by atoms with Crippen molar-refractivity contribution in [1.82, 2.24) is 0 Å². The molecule has 6 nitrogen and oxygen atoms in total. The molecule has 0 radical (unpaired) electrons. The number of rotatable bonds is 4. The van der Waals surface area contributed by atoms with E-state index in [1.54, 1.807) is 12.1 Å². The van der Waals surface area contributed by atoms with E-state index in [0.717, 1.165) is 42.9 Å². The predicted molar refractivity (Wildman–Crippen MR) is 156 cm³/mol. The van der Waals surface area contributed by atoms with Gasteiger partial charge >= 0.3 is 6.18 Å². The molecule has 1 heterocycles. The van der Waals surface area contributed by atoms with Crippen LogP contribution < -0.4 is 16.0 Å². The molecule has 10 heteroatoms. The maximum Gasteiger partial charge on any atom is 0.416 e. The van der Waals surface area contributed by atoms with Crippen LogP contribution in [0.4, 0.5) is 30.2 Å². The number of hydrogen-bond donors (Lipinski definition) is 3. The van der Waals surface area contributed by atoms with Gasteiger partial charge in [-0.2, -0.15) is 13.2 Å². The Morgan fingerprint density at radius 2 is 1.63 bits per heavy atom. The van der Waals surface area contributed by atoms with Gasteiger partial charge in [0.2, 0.25) is 6.41 Å². The molecule has 1 aliphatic heterocycles. The zero-order valence-corrected chi connectivity index (χ0v) is 22.7. The van der Waals surface area contributed by atoms with Crippen molar-refractivity contribution >= 4 is 41.0 Å². The second kappa shape index (κ2) is 14.9. The fraction of sp³-hybridized carbons (Fsp3) is 0.161. The molecular weight excluding hydrogens is 555 g/mol. The third-order valence-corrected chi connectivity index (χ3v) is 6.40. The molecular formula is C31H29ClF3N3O3. The number of halogens is 4. The predicted octanol–water partition coefficient (Wildman–Crippen LogP) is 6.97. The number of nitrogens with one attached hydrogen (secondary N) is 1. The number of hydrogen-bond acceptors (Lipinski definition) is 4. The summed E-state index contributed by atoms with van der Waals surface area (Å²) in [6.45, 7) is 0.0529. The monoisotopic (exact) mass is 583 g/mol. The molecule has 1 aliphatic rings. The summed E-state index contributed by atoms with van der Waals surface area (Å²) in [6.07, 6.45) is -2.23. The number of nitrogen functional groups attached to an aromatic ring is 1. The maximum atomic E-state index is 12.6. The van der Waals surface area contributed by atoms with Crippen molar-refractivity contribution in [1.29, 1.82) is 0 Å². The van der Waals surface area contributed by atoms with Gasteiger partial charge in [-0.15, -0.1) is 0 Å². The minimum atomic E-state index is -4.54. The van der Waals surface area contributed by atoms with Crippen LogP contribution in [0, 0.1) is 0 Å². The quantitative estimate of drug-likeness (QED) is 0.179. The number of aliphatic hydroxyl groups is 1. The van der Waals surface area contributed by atoms with E-state index >= 15 is 0 Å². The zero-order chi connectivity index (χ0) is 29.8. The molecule has 4 aromatic rings. The second-order valence-electron chi connectivity index (χ2n) is 8.87. The van der Waals surface area contributed by atoms with Gasteiger partial charge in [0, 0.05) is 23.6 Å². The zero-order valence-electron chi connectivity index (χ0n) is 21.9. The Morgan fingerprint density at radius 1 is 0.976 bits per heavy atom. The smallest absolute Gasteiger partial charge is 0.399 e. The number of benzene rings is 4. The lowest BCUT2D eigenvalue weighted by Gasteiger charge is -2.29. The summed E-state index contributed by atoms with van der Waals surface area (Å²) in [6, 6.07) is 28.0. The number of carbonyl (C=O) groups excluding carboxylic acids is 2. The Labute approximate surface area is 241 Å². The van der Waals surface area contributed by atoms with Crippen molar-refractivity contribution in [2.45, 2.75) is 25.6 Å². The average Bonchev–Trinajstić information content (AvgIpc) is 2.97. The third kappa shape index (κ3) is 8.83. The van der Waals surface area contributed by atoms with Gasteiger partial charge in [0.25, 0.3) is 5.91 Å². The van der Waals surface area contributed by atoms with Crippen molar-refractivity contribution in [3.63, 3.8) is 0 Å². The summed E-state index contributed by atoms with van der Waals surface area (Å²) in [5.41, 5.74) is 7.86. The van der Waals surface area contributed by atoms with Crippen LogP contribution in [-0.4, -0.2) is 24.0 Å². The summed E-state index contributed by atoms with van der Waals surface area (Å²) in [4.78, 5) is 24.5. The highest BCUT2D eigenvalue weighted by Crippen LogP contribution is 2.34. The normalized spacial score (nSPS) is 12.1. The van der Waals surface area contributed by atoms with Gasteiger partial charge < -0.3 is 21.1 Å². The van der Waals surface area contributed by atoms with Crippen molar-refractivity contribution in [3.8, 4) is 0 Å². The number of para-hydroxylation sites is 2.